The van der Waals surface area contributed by atoms with Gasteiger partial charge in [-0.3, -0.25) is 14.5 Å². The first-order chi connectivity index (χ1) is 16.0. The fraction of sp³-hybridized carbons (Fsp3) is 0.259. The Morgan fingerprint density at radius 3 is 2.36 bits per heavy atom. The standard InChI is InChI=1S/C27H25NO5/c1-16(2)17-7-10-19(11-8-17)28-25(18-9-12-22-23(15-18)33-14-13-32-22)24(27(30)31)20-5-3-4-6-21(20)26(28)29/h3-12,15-16,24-25H,13-14H2,1-2H3,(H,30,31)/t24-,25+/m1/s1. The lowest BCUT2D eigenvalue weighted by Gasteiger charge is -2.41. The van der Waals surface area contributed by atoms with Crippen LogP contribution in [0.4, 0.5) is 5.69 Å². The molecule has 33 heavy (non-hydrogen) atoms. The van der Waals surface area contributed by atoms with Crippen LogP contribution in [-0.2, 0) is 4.79 Å². The Kier molecular flexibility index (Phi) is 5.29. The Morgan fingerprint density at radius 1 is 0.970 bits per heavy atom. The summed E-state index contributed by atoms with van der Waals surface area (Å²) in [6, 6.07) is 19.4. The number of benzene rings is 3. The lowest BCUT2D eigenvalue weighted by Crippen LogP contribution is -2.45. The first-order valence-electron chi connectivity index (χ1n) is 11.1. The molecule has 2 aliphatic heterocycles. The van der Waals surface area contributed by atoms with Gasteiger partial charge in [0.05, 0.1) is 6.04 Å². The van der Waals surface area contributed by atoms with Gasteiger partial charge in [-0.15, -0.1) is 0 Å². The van der Waals surface area contributed by atoms with E-state index >= 15 is 0 Å². The third-order valence-electron chi connectivity index (χ3n) is 6.35. The van der Waals surface area contributed by atoms with E-state index in [1.165, 1.54) is 0 Å². The van der Waals surface area contributed by atoms with Crippen molar-refractivity contribution in [3.05, 3.63) is 89.0 Å². The number of hydrogen-bond acceptors (Lipinski definition) is 4. The maximum atomic E-state index is 13.8. The predicted molar refractivity (Wildman–Crippen MR) is 124 cm³/mol. The summed E-state index contributed by atoms with van der Waals surface area (Å²) in [5.41, 5.74) is 3.42. The van der Waals surface area contributed by atoms with Gasteiger partial charge in [-0.1, -0.05) is 50.2 Å². The predicted octanol–water partition coefficient (Wildman–Crippen LogP) is 5.15. The van der Waals surface area contributed by atoms with Crippen molar-refractivity contribution in [2.45, 2.75) is 31.7 Å². The fourth-order valence-electron chi connectivity index (χ4n) is 4.69. The van der Waals surface area contributed by atoms with Gasteiger partial charge in [0.2, 0.25) is 0 Å². The van der Waals surface area contributed by atoms with Crippen molar-refractivity contribution in [1.82, 2.24) is 0 Å². The van der Waals surface area contributed by atoms with Gasteiger partial charge in [-0.05, 0) is 52.9 Å². The third kappa shape index (κ3) is 3.61. The lowest BCUT2D eigenvalue weighted by atomic mass is 9.79. The van der Waals surface area contributed by atoms with Crippen molar-refractivity contribution in [2.75, 3.05) is 18.1 Å². The molecular formula is C27H25NO5. The molecule has 6 nitrogen and oxygen atoms in total. The number of anilines is 1. The smallest absolute Gasteiger partial charge is 0.313 e. The van der Waals surface area contributed by atoms with Crippen molar-refractivity contribution in [1.29, 1.82) is 0 Å². The minimum Gasteiger partial charge on any atom is -0.486 e. The van der Waals surface area contributed by atoms with E-state index in [-0.39, 0.29) is 5.91 Å². The van der Waals surface area contributed by atoms with Crippen LogP contribution in [0.15, 0.2) is 66.7 Å². The highest BCUT2D eigenvalue weighted by Crippen LogP contribution is 2.47. The molecule has 1 amide bonds. The summed E-state index contributed by atoms with van der Waals surface area (Å²) in [5.74, 6) is -0.626. The quantitative estimate of drug-likeness (QED) is 0.603. The fourth-order valence-corrected chi connectivity index (χ4v) is 4.69. The summed E-state index contributed by atoms with van der Waals surface area (Å²) < 4.78 is 11.4. The molecule has 2 atom stereocenters. The number of carboxylic acid groups (broad SMARTS) is 1. The summed E-state index contributed by atoms with van der Waals surface area (Å²) in [7, 11) is 0. The van der Waals surface area contributed by atoms with Crippen LogP contribution in [0.3, 0.4) is 0 Å². The van der Waals surface area contributed by atoms with Gasteiger partial charge in [0, 0.05) is 11.3 Å². The van der Waals surface area contributed by atoms with E-state index in [4.69, 9.17) is 9.47 Å². The van der Waals surface area contributed by atoms with Crippen LogP contribution >= 0.6 is 0 Å². The molecule has 0 bridgehead atoms. The van der Waals surface area contributed by atoms with Crippen LogP contribution in [0.1, 0.15) is 58.8 Å². The van der Waals surface area contributed by atoms with E-state index in [1.807, 2.05) is 30.3 Å². The van der Waals surface area contributed by atoms with Crippen molar-refractivity contribution >= 4 is 17.6 Å². The number of ether oxygens (including phenoxy) is 2. The minimum atomic E-state index is -0.987. The normalized spacial score (nSPS) is 19.4. The molecule has 0 saturated heterocycles. The van der Waals surface area contributed by atoms with Crippen LogP contribution in [0.25, 0.3) is 0 Å². The lowest BCUT2D eigenvalue weighted by molar-refractivity contribution is -0.139. The zero-order chi connectivity index (χ0) is 23.1. The molecule has 3 aromatic carbocycles. The SMILES string of the molecule is CC(C)c1ccc(N2C(=O)c3ccccc3[C@@H](C(=O)O)[C@@H]2c2ccc3c(c2)OCCO3)cc1. The average molecular weight is 443 g/mol. The summed E-state index contributed by atoms with van der Waals surface area (Å²) in [5, 5.41) is 10.3. The summed E-state index contributed by atoms with van der Waals surface area (Å²) >= 11 is 0. The Hall–Kier alpha value is -3.80. The first-order valence-corrected chi connectivity index (χ1v) is 11.1. The minimum absolute atomic E-state index is 0.222. The Bertz CT molecular complexity index is 1220. The average Bonchev–Trinajstić information content (AvgIpc) is 2.83. The molecule has 3 aromatic rings. The van der Waals surface area contributed by atoms with Crippen LogP contribution in [0.5, 0.6) is 11.5 Å². The zero-order valence-corrected chi connectivity index (χ0v) is 18.5. The largest absolute Gasteiger partial charge is 0.486 e. The van der Waals surface area contributed by atoms with Gasteiger partial charge in [0.15, 0.2) is 11.5 Å². The topological polar surface area (TPSA) is 76.1 Å². The summed E-state index contributed by atoms with van der Waals surface area (Å²) in [6.45, 7) is 5.10. The van der Waals surface area contributed by atoms with Crippen LogP contribution in [0, 0.1) is 0 Å². The molecular weight excluding hydrogens is 418 g/mol. The number of hydrogen-bond donors (Lipinski definition) is 1. The molecule has 1 N–H and O–H groups in total. The number of nitrogens with zero attached hydrogens (tertiary/aromatic N) is 1. The molecule has 0 radical (unpaired) electrons. The van der Waals surface area contributed by atoms with E-state index in [0.717, 1.165) is 5.56 Å². The maximum Gasteiger partial charge on any atom is 0.313 e. The zero-order valence-electron chi connectivity index (χ0n) is 18.5. The second kappa shape index (κ2) is 8.28. The highest BCUT2D eigenvalue weighted by atomic mass is 16.6. The van der Waals surface area contributed by atoms with Crippen molar-refractivity contribution < 1.29 is 24.2 Å². The van der Waals surface area contributed by atoms with Crippen molar-refractivity contribution in [3.63, 3.8) is 0 Å². The number of carboxylic acids is 1. The van der Waals surface area contributed by atoms with E-state index in [9.17, 15) is 14.7 Å². The van der Waals surface area contributed by atoms with Gasteiger partial charge in [0.1, 0.15) is 19.1 Å². The molecule has 5 rings (SSSR count). The summed E-state index contributed by atoms with van der Waals surface area (Å²) in [6.07, 6.45) is 0. The number of fused-ring (bicyclic) bond motifs is 2. The van der Waals surface area contributed by atoms with Crippen LogP contribution < -0.4 is 14.4 Å². The highest BCUT2D eigenvalue weighted by molar-refractivity contribution is 6.11. The molecule has 2 aliphatic rings. The summed E-state index contributed by atoms with van der Waals surface area (Å²) in [4.78, 5) is 28.0. The van der Waals surface area contributed by atoms with Crippen LogP contribution in [0.2, 0.25) is 0 Å². The first kappa shape index (κ1) is 21.1. The molecule has 0 aromatic heterocycles. The monoisotopic (exact) mass is 443 g/mol. The number of carbonyl (C=O) groups excluding carboxylic acids is 1. The van der Waals surface area contributed by atoms with E-state index in [0.29, 0.717) is 53.0 Å². The Balaban J connectivity index is 1.70. The molecule has 0 fully saturated rings. The van der Waals surface area contributed by atoms with Gasteiger partial charge in [-0.25, -0.2) is 0 Å². The maximum absolute atomic E-state index is 13.8. The molecule has 0 saturated carbocycles. The third-order valence-corrected chi connectivity index (χ3v) is 6.35. The molecule has 2 heterocycles. The van der Waals surface area contributed by atoms with Crippen LogP contribution in [-0.4, -0.2) is 30.2 Å². The molecule has 0 unspecified atom stereocenters. The van der Waals surface area contributed by atoms with Gasteiger partial charge in [0.25, 0.3) is 5.91 Å². The number of rotatable bonds is 4. The second-order valence-electron chi connectivity index (χ2n) is 8.67. The number of amides is 1. The van der Waals surface area contributed by atoms with Crippen molar-refractivity contribution in [2.24, 2.45) is 0 Å². The van der Waals surface area contributed by atoms with Gasteiger partial charge >= 0.3 is 5.97 Å². The van der Waals surface area contributed by atoms with Gasteiger partial charge in [-0.2, -0.15) is 0 Å². The molecule has 0 spiro atoms. The molecule has 0 aliphatic carbocycles. The van der Waals surface area contributed by atoms with E-state index in [1.54, 1.807) is 41.3 Å². The highest BCUT2D eigenvalue weighted by Gasteiger charge is 2.45. The Labute approximate surface area is 192 Å². The van der Waals surface area contributed by atoms with E-state index < -0.39 is 17.9 Å². The molecule has 168 valence electrons. The Morgan fingerprint density at radius 2 is 1.67 bits per heavy atom. The number of carbonyl (C=O) groups is 2. The number of aliphatic carboxylic acids is 1. The van der Waals surface area contributed by atoms with Crippen molar-refractivity contribution in [3.8, 4) is 11.5 Å². The van der Waals surface area contributed by atoms with E-state index in [2.05, 4.69) is 13.8 Å². The van der Waals surface area contributed by atoms with Gasteiger partial charge < -0.3 is 14.6 Å². The second-order valence-corrected chi connectivity index (χ2v) is 8.67. The molecule has 6 heteroatoms.